The van der Waals surface area contributed by atoms with Gasteiger partial charge in [0.05, 0.1) is 0 Å². The number of hydrogen-bond acceptors (Lipinski definition) is 0. The van der Waals surface area contributed by atoms with Gasteiger partial charge >= 0.3 is 0 Å². The topological polar surface area (TPSA) is 0 Å². The third-order valence-electron chi connectivity index (χ3n) is 1.65. The minimum Gasteiger partial charge on any atom is -0.0838 e. The maximum absolute atomic E-state index is 3.55. The second-order valence-corrected chi connectivity index (χ2v) is 3.55. The van der Waals surface area contributed by atoms with Gasteiger partial charge in [-0.05, 0) is 12.8 Å². The van der Waals surface area contributed by atoms with Crippen molar-refractivity contribution in [3.63, 3.8) is 0 Å². The molecule has 1 rings (SSSR count). The van der Waals surface area contributed by atoms with Crippen LogP contribution < -0.4 is 0 Å². The first-order valence-electron chi connectivity index (χ1n) is 3.40. The van der Waals surface area contributed by atoms with Gasteiger partial charge in [-0.2, -0.15) is 0 Å². The van der Waals surface area contributed by atoms with Crippen molar-refractivity contribution in [2.75, 3.05) is 0 Å². The number of rotatable bonds is 0. The molecule has 0 atom stereocenters. The fourth-order valence-corrected chi connectivity index (χ4v) is 1.67. The van der Waals surface area contributed by atoms with Crippen LogP contribution in [-0.4, -0.2) is 0 Å². The highest BCUT2D eigenvalue weighted by atomic mass is 79.9. The average Bonchev–Trinajstić information content (AvgIpc) is 1.94. The Morgan fingerprint density at radius 3 is 1.88 bits per heavy atom. The average molecular weight is 176 g/mol. The normalized spacial score (nSPS) is 25.1. The van der Waals surface area contributed by atoms with Gasteiger partial charge in [0, 0.05) is 4.83 Å². The Bertz CT molecular complexity index is 53.4. The van der Waals surface area contributed by atoms with Crippen molar-refractivity contribution in [1.29, 1.82) is 0 Å². The zero-order valence-corrected chi connectivity index (χ0v) is 6.71. The molecule has 1 heteroatoms. The van der Waals surface area contributed by atoms with E-state index < -0.39 is 0 Å². The van der Waals surface area contributed by atoms with Gasteiger partial charge in [-0.1, -0.05) is 41.6 Å². The first-order valence-corrected chi connectivity index (χ1v) is 4.19. The summed E-state index contributed by atoms with van der Waals surface area (Å²) in [5.74, 6) is 0. The molecule has 0 amide bonds. The van der Waals surface area contributed by atoms with E-state index in [-0.39, 0.29) is 0 Å². The molecular weight excluding hydrogens is 164 g/mol. The standard InChI is InChI=1S/C7H12Br/c8-7-5-3-1-2-4-6-7/h1-6H2. The molecule has 1 saturated carbocycles. The molecule has 1 aliphatic rings. The lowest BCUT2D eigenvalue weighted by atomic mass is 10.2. The van der Waals surface area contributed by atoms with Gasteiger partial charge in [0.15, 0.2) is 0 Å². The second-order valence-electron chi connectivity index (χ2n) is 2.43. The minimum absolute atomic E-state index is 1.32. The van der Waals surface area contributed by atoms with Gasteiger partial charge in [-0.15, -0.1) is 0 Å². The molecule has 1 fully saturated rings. The van der Waals surface area contributed by atoms with Gasteiger partial charge in [-0.25, -0.2) is 0 Å². The Kier molecular flexibility index (Phi) is 2.88. The Hall–Kier alpha value is 0.480. The van der Waals surface area contributed by atoms with E-state index in [0.29, 0.717) is 0 Å². The monoisotopic (exact) mass is 175 g/mol. The van der Waals surface area contributed by atoms with Gasteiger partial charge < -0.3 is 0 Å². The summed E-state index contributed by atoms with van der Waals surface area (Å²) >= 11 is 3.55. The molecule has 1 radical (unpaired) electrons. The molecular formula is C7H12Br. The van der Waals surface area contributed by atoms with Crippen LogP contribution in [0.15, 0.2) is 0 Å². The summed E-state index contributed by atoms with van der Waals surface area (Å²) in [7, 11) is 0. The minimum atomic E-state index is 1.32. The van der Waals surface area contributed by atoms with Crippen molar-refractivity contribution in [3.05, 3.63) is 4.83 Å². The quantitative estimate of drug-likeness (QED) is 0.497. The second kappa shape index (κ2) is 3.49. The molecule has 0 saturated heterocycles. The molecule has 0 unspecified atom stereocenters. The smallest absolute Gasteiger partial charge is 0.0410 e. The van der Waals surface area contributed by atoms with E-state index in [1.54, 1.807) is 0 Å². The van der Waals surface area contributed by atoms with Crippen molar-refractivity contribution in [2.45, 2.75) is 38.5 Å². The van der Waals surface area contributed by atoms with E-state index in [2.05, 4.69) is 15.9 Å². The number of halogens is 1. The van der Waals surface area contributed by atoms with E-state index in [1.165, 1.54) is 43.4 Å². The summed E-state index contributed by atoms with van der Waals surface area (Å²) in [5, 5.41) is 0. The number of hydrogen-bond donors (Lipinski definition) is 0. The summed E-state index contributed by atoms with van der Waals surface area (Å²) in [4.78, 5) is 1.54. The van der Waals surface area contributed by atoms with Crippen molar-refractivity contribution in [3.8, 4) is 0 Å². The Balaban J connectivity index is 2.17. The summed E-state index contributed by atoms with van der Waals surface area (Å²) in [6, 6.07) is 0. The molecule has 0 aromatic heterocycles. The summed E-state index contributed by atoms with van der Waals surface area (Å²) in [5.41, 5.74) is 0. The first-order chi connectivity index (χ1) is 3.89. The van der Waals surface area contributed by atoms with Crippen molar-refractivity contribution in [1.82, 2.24) is 0 Å². The molecule has 0 aromatic carbocycles. The predicted molar refractivity (Wildman–Crippen MR) is 39.9 cm³/mol. The van der Waals surface area contributed by atoms with Crippen LogP contribution in [0.2, 0.25) is 0 Å². The molecule has 0 N–H and O–H groups in total. The van der Waals surface area contributed by atoms with Crippen LogP contribution in [-0.2, 0) is 0 Å². The largest absolute Gasteiger partial charge is 0.0838 e. The Morgan fingerprint density at radius 1 is 0.875 bits per heavy atom. The van der Waals surface area contributed by atoms with Crippen LogP contribution in [0.3, 0.4) is 0 Å². The van der Waals surface area contributed by atoms with Gasteiger partial charge in [0.1, 0.15) is 0 Å². The molecule has 0 bridgehead atoms. The highest BCUT2D eigenvalue weighted by Crippen LogP contribution is 2.28. The highest BCUT2D eigenvalue weighted by Gasteiger charge is 2.07. The lowest BCUT2D eigenvalue weighted by Gasteiger charge is -1.99. The van der Waals surface area contributed by atoms with Crippen molar-refractivity contribution >= 4 is 15.9 Å². The lowest BCUT2D eigenvalue weighted by Crippen LogP contribution is -1.80. The maximum atomic E-state index is 3.55. The van der Waals surface area contributed by atoms with Crippen LogP contribution in [0, 0.1) is 4.83 Å². The summed E-state index contributed by atoms with van der Waals surface area (Å²) < 4.78 is 0. The van der Waals surface area contributed by atoms with E-state index >= 15 is 0 Å². The zero-order valence-electron chi connectivity index (χ0n) is 5.12. The molecule has 0 spiro atoms. The van der Waals surface area contributed by atoms with Crippen LogP contribution in [0.4, 0.5) is 0 Å². The molecule has 0 aliphatic heterocycles. The highest BCUT2D eigenvalue weighted by molar-refractivity contribution is 9.11. The summed E-state index contributed by atoms with van der Waals surface area (Å²) in [6.45, 7) is 0. The molecule has 0 nitrogen and oxygen atoms in total. The van der Waals surface area contributed by atoms with Crippen LogP contribution in [0.5, 0.6) is 0 Å². The van der Waals surface area contributed by atoms with Gasteiger partial charge in [0.25, 0.3) is 0 Å². The fourth-order valence-electron chi connectivity index (χ4n) is 1.11. The maximum Gasteiger partial charge on any atom is 0.0410 e. The molecule has 47 valence electrons. The van der Waals surface area contributed by atoms with E-state index in [4.69, 9.17) is 0 Å². The van der Waals surface area contributed by atoms with Crippen molar-refractivity contribution < 1.29 is 0 Å². The Morgan fingerprint density at radius 2 is 1.38 bits per heavy atom. The Labute approximate surface area is 59.8 Å². The molecule has 0 aromatic rings. The van der Waals surface area contributed by atoms with E-state index in [9.17, 15) is 0 Å². The van der Waals surface area contributed by atoms with Crippen LogP contribution in [0.25, 0.3) is 0 Å². The van der Waals surface area contributed by atoms with Gasteiger partial charge in [-0.3, -0.25) is 0 Å². The molecule has 8 heavy (non-hydrogen) atoms. The van der Waals surface area contributed by atoms with Gasteiger partial charge in [0.2, 0.25) is 0 Å². The zero-order chi connectivity index (χ0) is 5.82. The fraction of sp³-hybridized carbons (Fsp3) is 0.857. The van der Waals surface area contributed by atoms with Crippen molar-refractivity contribution in [2.24, 2.45) is 0 Å². The van der Waals surface area contributed by atoms with Crippen LogP contribution in [0.1, 0.15) is 38.5 Å². The SMILES string of the molecule is Br[C]1CCCCCC1. The third kappa shape index (κ3) is 2.17. The van der Waals surface area contributed by atoms with E-state index in [0.717, 1.165) is 0 Å². The molecule has 1 aliphatic carbocycles. The first kappa shape index (κ1) is 6.60. The summed E-state index contributed by atoms with van der Waals surface area (Å²) in [6.07, 6.45) is 8.32. The third-order valence-corrected chi connectivity index (χ3v) is 2.44. The van der Waals surface area contributed by atoms with E-state index in [1.807, 2.05) is 0 Å². The predicted octanol–water partition coefficient (Wildman–Crippen LogP) is 3.27. The molecule has 0 heterocycles. The lowest BCUT2D eigenvalue weighted by molar-refractivity contribution is 0.702. The van der Waals surface area contributed by atoms with Crippen LogP contribution >= 0.6 is 15.9 Å².